The second-order valence-corrected chi connectivity index (χ2v) is 9.62. The standard InChI is InChI=1S/C9H10O4.C8H18OSi/c1-9(8(12)13)4-2-3-6(5-9)7(10)11;1-8(2)7-9-10-5-3-4-6-10/h2-4H,5H2,1H3,(H,10,11)(H,12,13);8,10H,3-7H2,1-2H3. The molecule has 0 bridgehead atoms. The fourth-order valence-electron chi connectivity index (χ4n) is 2.57. The molecule has 5 nitrogen and oxygen atoms in total. The van der Waals surface area contributed by atoms with E-state index in [1.165, 1.54) is 50.1 Å². The lowest BCUT2D eigenvalue weighted by molar-refractivity contribution is -0.145. The molecule has 1 fully saturated rings. The van der Waals surface area contributed by atoms with Gasteiger partial charge in [-0.1, -0.05) is 44.9 Å². The van der Waals surface area contributed by atoms with Crippen molar-refractivity contribution >= 4 is 21.0 Å². The van der Waals surface area contributed by atoms with Gasteiger partial charge in [0.25, 0.3) is 0 Å². The number of hydrogen-bond donors (Lipinski definition) is 2. The van der Waals surface area contributed by atoms with Gasteiger partial charge in [-0.25, -0.2) is 4.79 Å². The van der Waals surface area contributed by atoms with Crippen LogP contribution in [0.15, 0.2) is 23.8 Å². The first kappa shape index (κ1) is 19.6. The van der Waals surface area contributed by atoms with E-state index in [9.17, 15) is 9.59 Å². The summed E-state index contributed by atoms with van der Waals surface area (Å²) < 4.78 is 5.80. The van der Waals surface area contributed by atoms with Gasteiger partial charge in [0.2, 0.25) is 0 Å². The highest BCUT2D eigenvalue weighted by molar-refractivity contribution is 6.52. The van der Waals surface area contributed by atoms with Crippen LogP contribution in [0.3, 0.4) is 0 Å². The van der Waals surface area contributed by atoms with Crippen LogP contribution in [-0.2, 0) is 14.0 Å². The number of aliphatic carboxylic acids is 2. The third kappa shape index (κ3) is 6.70. The first-order valence-corrected chi connectivity index (χ1v) is 10.3. The average Bonchev–Trinajstić information content (AvgIpc) is 2.99. The molecule has 1 heterocycles. The average molecular weight is 340 g/mol. The SMILES string of the molecule is CC(C)CO[SiH]1CCCC1.CC1(C(=O)O)C=CC=C(C(=O)O)C1. The zero-order chi connectivity index (χ0) is 17.5. The van der Waals surface area contributed by atoms with Crippen molar-refractivity contribution in [1.82, 2.24) is 0 Å². The lowest BCUT2D eigenvalue weighted by Gasteiger charge is -2.23. The first-order valence-electron chi connectivity index (χ1n) is 8.21. The summed E-state index contributed by atoms with van der Waals surface area (Å²) in [5, 5.41) is 17.5. The van der Waals surface area contributed by atoms with Crippen LogP contribution >= 0.6 is 0 Å². The maximum Gasteiger partial charge on any atom is 0.331 e. The third-order valence-electron chi connectivity index (χ3n) is 4.05. The molecule has 0 radical (unpaired) electrons. The van der Waals surface area contributed by atoms with E-state index in [0.29, 0.717) is 0 Å². The molecule has 1 aliphatic heterocycles. The van der Waals surface area contributed by atoms with Gasteiger partial charge in [0.1, 0.15) is 0 Å². The summed E-state index contributed by atoms with van der Waals surface area (Å²) in [5.74, 6) is -1.33. The van der Waals surface area contributed by atoms with Gasteiger partial charge in [-0.3, -0.25) is 4.79 Å². The van der Waals surface area contributed by atoms with Gasteiger partial charge >= 0.3 is 11.9 Å². The minimum atomic E-state index is -1.08. The summed E-state index contributed by atoms with van der Waals surface area (Å²) in [5.41, 5.74) is -0.949. The molecule has 23 heavy (non-hydrogen) atoms. The predicted molar refractivity (Wildman–Crippen MR) is 92.0 cm³/mol. The molecule has 0 spiro atoms. The first-order chi connectivity index (χ1) is 10.7. The van der Waals surface area contributed by atoms with Gasteiger partial charge in [-0.15, -0.1) is 0 Å². The van der Waals surface area contributed by atoms with E-state index in [2.05, 4.69) is 13.8 Å². The van der Waals surface area contributed by atoms with Crippen molar-refractivity contribution in [3.8, 4) is 0 Å². The number of rotatable bonds is 5. The molecule has 1 unspecified atom stereocenters. The Labute approximate surface area is 139 Å². The lowest BCUT2D eigenvalue weighted by atomic mass is 9.80. The van der Waals surface area contributed by atoms with Crippen molar-refractivity contribution < 1.29 is 24.2 Å². The Morgan fingerprint density at radius 2 is 1.91 bits per heavy atom. The fraction of sp³-hybridized carbons (Fsp3) is 0.647. The van der Waals surface area contributed by atoms with Gasteiger partial charge in [-0.2, -0.15) is 0 Å². The van der Waals surface area contributed by atoms with Crippen LogP contribution in [0.25, 0.3) is 0 Å². The molecular weight excluding hydrogens is 312 g/mol. The Bertz CT molecular complexity index is 477. The molecule has 0 aromatic carbocycles. The fourth-order valence-corrected chi connectivity index (χ4v) is 5.33. The molecule has 0 aromatic rings. The van der Waals surface area contributed by atoms with Gasteiger partial charge in [0, 0.05) is 12.2 Å². The Kier molecular flexibility index (Phi) is 7.71. The van der Waals surface area contributed by atoms with E-state index in [1.807, 2.05) is 0 Å². The van der Waals surface area contributed by atoms with Crippen LogP contribution in [0.1, 0.15) is 40.0 Å². The second-order valence-electron chi connectivity index (χ2n) is 6.89. The van der Waals surface area contributed by atoms with E-state index in [4.69, 9.17) is 14.6 Å². The zero-order valence-electron chi connectivity index (χ0n) is 14.2. The summed E-state index contributed by atoms with van der Waals surface area (Å²) in [6.45, 7) is 6.96. The predicted octanol–water partition coefficient (Wildman–Crippen LogP) is 3.22. The van der Waals surface area contributed by atoms with E-state index >= 15 is 0 Å². The lowest BCUT2D eigenvalue weighted by Crippen LogP contribution is -2.28. The highest BCUT2D eigenvalue weighted by atomic mass is 28.3. The molecule has 2 N–H and O–H groups in total. The van der Waals surface area contributed by atoms with Crippen molar-refractivity contribution in [2.75, 3.05) is 6.61 Å². The minimum Gasteiger partial charge on any atom is -0.481 e. The summed E-state index contributed by atoms with van der Waals surface area (Å²) in [6.07, 6.45) is 7.31. The summed E-state index contributed by atoms with van der Waals surface area (Å²) in [4.78, 5) is 21.3. The van der Waals surface area contributed by atoms with Crippen LogP contribution < -0.4 is 0 Å². The molecule has 0 aromatic heterocycles. The van der Waals surface area contributed by atoms with E-state index in [-0.39, 0.29) is 12.0 Å². The molecule has 1 atom stereocenters. The molecule has 130 valence electrons. The van der Waals surface area contributed by atoms with Crippen molar-refractivity contribution in [2.24, 2.45) is 11.3 Å². The normalized spacial score (nSPS) is 24.1. The van der Waals surface area contributed by atoms with Gasteiger partial charge < -0.3 is 14.6 Å². The monoisotopic (exact) mass is 340 g/mol. The molecular formula is C17H28O5Si. The Morgan fingerprint density at radius 3 is 2.39 bits per heavy atom. The minimum absolute atomic E-state index is 0.0359. The van der Waals surface area contributed by atoms with E-state index in [0.717, 1.165) is 12.5 Å². The van der Waals surface area contributed by atoms with Crippen molar-refractivity contribution in [2.45, 2.75) is 52.1 Å². The van der Waals surface area contributed by atoms with Gasteiger partial charge in [0.15, 0.2) is 9.04 Å². The molecule has 0 saturated carbocycles. The van der Waals surface area contributed by atoms with Crippen LogP contribution in [0.2, 0.25) is 12.1 Å². The summed E-state index contributed by atoms with van der Waals surface area (Å²) in [7, 11) is -0.637. The number of allylic oxidation sites excluding steroid dienone is 2. The van der Waals surface area contributed by atoms with Crippen molar-refractivity contribution in [3.63, 3.8) is 0 Å². The molecule has 2 aliphatic rings. The highest BCUT2D eigenvalue weighted by Gasteiger charge is 2.34. The number of hydrogen-bond acceptors (Lipinski definition) is 3. The van der Waals surface area contributed by atoms with Gasteiger partial charge in [-0.05, 0) is 31.4 Å². The maximum absolute atomic E-state index is 10.8. The summed E-state index contributed by atoms with van der Waals surface area (Å²) >= 11 is 0. The van der Waals surface area contributed by atoms with Crippen molar-refractivity contribution in [3.05, 3.63) is 23.8 Å². The zero-order valence-corrected chi connectivity index (χ0v) is 15.4. The van der Waals surface area contributed by atoms with Crippen LogP contribution in [0.5, 0.6) is 0 Å². The number of carboxylic acids is 2. The summed E-state index contributed by atoms with van der Waals surface area (Å²) in [6, 6.07) is 2.87. The number of carboxylic acid groups (broad SMARTS) is 2. The van der Waals surface area contributed by atoms with Crippen LogP contribution in [0, 0.1) is 11.3 Å². The molecule has 0 amide bonds. The molecule has 1 aliphatic carbocycles. The molecule has 1 saturated heterocycles. The van der Waals surface area contributed by atoms with Gasteiger partial charge in [0.05, 0.1) is 5.41 Å². The Hall–Kier alpha value is -1.40. The smallest absolute Gasteiger partial charge is 0.331 e. The van der Waals surface area contributed by atoms with E-state index in [1.54, 1.807) is 0 Å². The topological polar surface area (TPSA) is 83.8 Å². The third-order valence-corrected chi connectivity index (χ3v) is 6.82. The quantitative estimate of drug-likeness (QED) is 0.751. The van der Waals surface area contributed by atoms with Crippen LogP contribution in [0.4, 0.5) is 0 Å². The van der Waals surface area contributed by atoms with Crippen molar-refractivity contribution in [1.29, 1.82) is 0 Å². The highest BCUT2D eigenvalue weighted by Crippen LogP contribution is 2.31. The maximum atomic E-state index is 10.8. The molecule has 2 rings (SSSR count). The second kappa shape index (κ2) is 9.03. The number of carbonyl (C=O) groups is 2. The largest absolute Gasteiger partial charge is 0.481 e. The Morgan fingerprint density at radius 1 is 1.30 bits per heavy atom. The van der Waals surface area contributed by atoms with Crippen LogP contribution in [-0.4, -0.2) is 37.8 Å². The Balaban J connectivity index is 0.000000238. The van der Waals surface area contributed by atoms with E-state index < -0.39 is 26.4 Å². The molecule has 6 heteroatoms.